The van der Waals surface area contributed by atoms with Crippen LogP contribution in [-0.4, -0.2) is 16.2 Å². The zero-order chi connectivity index (χ0) is 6.50. The van der Waals surface area contributed by atoms with Gasteiger partial charge in [0.05, 0.1) is 0 Å². The van der Waals surface area contributed by atoms with E-state index in [0.29, 0.717) is 16.2 Å². The molecule has 0 bridgehead atoms. The Morgan fingerprint density at radius 2 is 1.12 bits per heavy atom. The van der Waals surface area contributed by atoms with Gasteiger partial charge in [0.1, 0.15) is 0 Å². The number of hydrogen-bond acceptors (Lipinski definition) is 5. The summed E-state index contributed by atoms with van der Waals surface area (Å²) >= 11 is -5.01. The summed E-state index contributed by atoms with van der Waals surface area (Å²) in [6.07, 6.45) is 0. The molecule has 0 aromatic carbocycles. The van der Waals surface area contributed by atoms with Crippen LogP contribution >= 0.6 is 0 Å². The first-order valence-corrected chi connectivity index (χ1v) is 3.41. The van der Waals surface area contributed by atoms with Crippen LogP contribution in [0.2, 0.25) is 0 Å². The van der Waals surface area contributed by atoms with E-state index in [-0.39, 0.29) is 51.4 Å². The van der Waals surface area contributed by atoms with Crippen molar-refractivity contribution in [1.82, 2.24) is 0 Å². The van der Waals surface area contributed by atoms with Crippen molar-refractivity contribution >= 4 is 16.2 Å². The molecule has 0 aliphatic carbocycles. The Morgan fingerprint density at radius 3 is 1.12 bits per heavy atom. The first kappa shape index (κ1) is 16.4. The van der Waals surface area contributed by atoms with Gasteiger partial charge in [0, 0.05) is 0 Å². The van der Waals surface area contributed by atoms with Gasteiger partial charge in [-0.2, -0.15) is 0 Å². The number of hydrogen-bond donors (Lipinski definition) is 0. The van der Waals surface area contributed by atoms with Crippen LogP contribution in [0.1, 0.15) is 0 Å². The summed E-state index contributed by atoms with van der Waals surface area (Å²) in [4.78, 5) is 0. The molecule has 0 aliphatic rings. The molecule has 0 spiro atoms. The summed E-state index contributed by atoms with van der Waals surface area (Å²) in [5, 5.41) is 0. The molecular formula is HAlKMnO5. The average molecular weight is 202 g/mol. The fourth-order valence-corrected chi connectivity index (χ4v) is 0. The molecule has 0 rings (SSSR count). The molecule has 0 aliphatic heterocycles. The minimum atomic E-state index is -5.62. The van der Waals surface area contributed by atoms with Crippen LogP contribution in [0.3, 0.4) is 0 Å². The van der Waals surface area contributed by atoms with E-state index in [0.717, 1.165) is 0 Å². The summed E-state index contributed by atoms with van der Waals surface area (Å²) in [6, 6.07) is 0. The van der Waals surface area contributed by atoms with Gasteiger partial charge < -0.3 is 0 Å². The van der Waals surface area contributed by atoms with Crippen molar-refractivity contribution in [2.75, 3.05) is 0 Å². The van der Waals surface area contributed by atoms with E-state index in [4.69, 9.17) is 19.5 Å². The molecule has 42 valence electrons. The van der Waals surface area contributed by atoms with Crippen LogP contribution in [0, 0.1) is 0 Å². The Balaban J connectivity index is -0.0000000750. The topological polar surface area (TPSA) is 91.3 Å². The van der Waals surface area contributed by atoms with Gasteiger partial charge in [0.15, 0.2) is 0 Å². The van der Waals surface area contributed by atoms with E-state index in [1.807, 2.05) is 0 Å². The van der Waals surface area contributed by atoms with E-state index in [1.165, 1.54) is 0 Å². The van der Waals surface area contributed by atoms with E-state index in [9.17, 15) is 0 Å². The van der Waals surface area contributed by atoms with Gasteiger partial charge >= 0.3 is 100 Å². The molecule has 0 saturated heterocycles. The van der Waals surface area contributed by atoms with Crippen molar-refractivity contribution in [2.24, 2.45) is 0 Å². The second-order valence-corrected chi connectivity index (χ2v) is 1.56. The molecule has 0 saturated carbocycles. The summed E-state index contributed by atoms with van der Waals surface area (Å²) in [5.41, 5.74) is 0. The van der Waals surface area contributed by atoms with E-state index >= 15 is 0 Å². The molecule has 0 aromatic rings. The predicted molar refractivity (Wildman–Crippen MR) is 9.89 cm³/mol. The molecule has 0 atom stereocenters. The van der Waals surface area contributed by atoms with Gasteiger partial charge in [0.25, 0.3) is 0 Å². The molecule has 8 heavy (non-hydrogen) atoms. The van der Waals surface area contributed by atoms with Gasteiger partial charge in [0.2, 0.25) is 0 Å². The molecule has 0 N–H and O–H groups in total. The Bertz CT molecular complexity index is 145. The molecule has 0 aromatic heterocycles. The molecule has 8 heteroatoms. The zero-order valence-electron chi connectivity index (χ0n) is 4.13. The molecule has 0 amide bonds. The molecule has 0 fully saturated rings. The number of rotatable bonds is 0. The second-order valence-electron chi connectivity index (χ2n) is 0.378. The fourth-order valence-electron chi connectivity index (χ4n) is 0. The van der Waals surface area contributed by atoms with Gasteiger partial charge in [-0.05, 0) is 0 Å². The monoisotopic (exact) mass is 202 g/mol. The first-order chi connectivity index (χ1) is 3.00. The molecule has 0 radical (unpaired) electrons. The summed E-state index contributed by atoms with van der Waals surface area (Å²) in [5.74, 6) is 0. The van der Waals surface area contributed by atoms with Crippen molar-refractivity contribution in [2.45, 2.75) is 0 Å². The summed E-state index contributed by atoms with van der Waals surface area (Å²) in [6.45, 7) is 0. The van der Waals surface area contributed by atoms with Crippen LogP contribution in [0.15, 0.2) is 0 Å². The summed E-state index contributed by atoms with van der Waals surface area (Å²) < 4.78 is 42.6. The summed E-state index contributed by atoms with van der Waals surface area (Å²) in [7, 11) is 0. The van der Waals surface area contributed by atoms with Gasteiger partial charge in [-0.15, -0.1) is 0 Å². The Kier molecular flexibility index (Phi) is 18.2. The van der Waals surface area contributed by atoms with Crippen LogP contribution in [-0.2, 0) is 28.3 Å². The third-order valence-corrected chi connectivity index (χ3v) is 0. The second kappa shape index (κ2) is 8.85. The predicted octanol–water partition coefficient (Wildman–Crippen LogP) is -5.31. The molecule has 0 unspecified atom stereocenters. The van der Waals surface area contributed by atoms with Gasteiger partial charge in [-0.3, -0.25) is 0 Å². The van der Waals surface area contributed by atoms with Crippen molar-refractivity contribution < 1.29 is 83.9 Å². The maximum absolute atomic E-state index is 8.58. The minimum absolute atomic E-state index is 0. The van der Waals surface area contributed by atoms with Crippen LogP contribution in [0.4, 0.5) is 0 Å². The zero-order valence-corrected chi connectivity index (χ0v) is 9.84. The van der Waals surface area contributed by atoms with Gasteiger partial charge in [-0.25, -0.2) is 0 Å². The van der Waals surface area contributed by atoms with Crippen LogP contribution < -0.4 is 55.6 Å². The third kappa shape index (κ3) is 108. The Morgan fingerprint density at radius 1 is 1.12 bits per heavy atom. The first-order valence-electron chi connectivity index (χ1n) is 0.906. The Labute approximate surface area is 98.0 Å². The van der Waals surface area contributed by atoms with Crippen LogP contribution in [0.25, 0.3) is 0 Å². The van der Waals surface area contributed by atoms with Gasteiger partial charge in [-0.1, -0.05) is 0 Å². The Hall–Kier alpha value is 1.85. The standard InChI is InChI=1S/Al.K.Mn.5O.H/q;+1;;;;;;-1;. The van der Waals surface area contributed by atoms with Crippen molar-refractivity contribution in [1.29, 1.82) is 0 Å². The van der Waals surface area contributed by atoms with E-state index < -0.39 is 13.0 Å². The average Bonchev–Trinajstić information content (AvgIpc) is 1.36. The third-order valence-electron chi connectivity index (χ3n) is 0. The normalized spacial score (nSPS) is 7.50. The molecular weight excluding hydrogens is 201 g/mol. The maximum atomic E-state index is 8.58. The van der Waals surface area contributed by atoms with E-state index in [2.05, 4.69) is 0 Å². The molecule has 5 nitrogen and oxygen atoms in total. The molecule has 0 heterocycles. The quantitative estimate of drug-likeness (QED) is 0.366. The SMILES string of the molecule is [K+].[O]=[AlH].[O]=[Mn](=[O])(=[O])[O-]. The van der Waals surface area contributed by atoms with Crippen molar-refractivity contribution in [3.8, 4) is 0 Å². The van der Waals surface area contributed by atoms with Crippen molar-refractivity contribution in [3.05, 3.63) is 0 Å². The van der Waals surface area contributed by atoms with E-state index in [1.54, 1.807) is 0 Å². The van der Waals surface area contributed by atoms with Crippen molar-refractivity contribution in [3.63, 3.8) is 0 Å². The fraction of sp³-hybridized carbons (Fsp3) is 0. The van der Waals surface area contributed by atoms with Crippen LogP contribution in [0.5, 0.6) is 0 Å².